The number of nitrogens with zero attached hydrogens (tertiary/aromatic N) is 1. The van der Waals surface area contributed by atoms with Crippen LogP contribution in [0.3, 0.4) is 0 Å². The van der Waals surface area contributed by atoms with E-state index in [1.165, 1.54) is 19.2 Å². The van der Waals surface area contributed by atoms with Crippen LogP contribution in [0.25, 0.3) is 0 Å². The summed E-state index contributed by atoms with van der Waals surface area (Å²) >= 11 is 0. The fourth-order valence-electron chi connectivity index (χ4n) is 1.66. The summed E-state index contributed by atoms with van der Waals surface area (Å²) in [5.41, 5.74) is -0.0125. The SMILES string of the molecule is COC(=O)NCCc1cccc([N+](=O)[O-])c1C(=O)OC. The number of carbonyl (C=O) groups is 2. The number of carbonyl (C=O) groups excluding carboxylic acids is 2. The maximum atomic E-state index is 11.7. The Kier molecular flexibility index (Phi) is 5.45. The predicted molar refractivity (Wildman–Crippen MR) is 68.5 cm³/mol. The van der Waals surface area contributed by atoms with Crippen molar-refractivity contribution >= 4 is 17.7 Å². The largest absolute Gasteiger partial charge is 0.465 e. The van der Waals surface area contributed by atoms with E-state index < -0.39 is 17.0 Å². The van der Waals surface area contributed by atoms with Crippen molar-refractivity contribution in [1.29, 1.82) is 0 Å². The number of hydrogen-bond acceptors (Lipinski definition) is 6. The van der Waals surface area contributed by atoms with E-state index in [4.69, 9.17) is 0 Å². The van der Waals surface area contributed by atoms with E-state index in [1.807, 2.05) is 0 Å². The highest BCUT2D eigenvalue weighted by molar-refractivity contribution is 5.95. The minimum absolute atomic E-state index is 0.105. The first kappa shape index (κ1) is 15.4. The summed E-state index contributed by atoms with van der Waals surface area (Å²) in [4.78, 5) is 32.9. The van der Waals surface area contributed by atoms with Crippen LogP contribution >= 0.6 is 0 Å². The summed E-state index contributed by atoms with van der Waals surface area (Å²) in [5, 5.41) is 13.4. The number of nitro benzene ring substituents is 1. The Morgan fingerprint density at radius 3 is 2.55 bits per heavy atom. The molecule has 1 aromatic rings. The number of rotatable bonds is 5. The number of amides is 1. The fraction of sp³-hybridized carbons (Fsp3) is 0.333. The Hall–Kier alpha value is -2.64. The monoisotopic (exact) mass is 282 g/mol. The maximum Gasteiger partial charge on any atom is 0.406 e. The third-order valence-corrected chi connectivity index (χ3v) is 2.56. The summed E-state index contributed by atoms with van der Waals surface area (Å²) in [6.07, 6.45) is -0.378. The van der Waals surface area contributed by atoms with Gasteiger partial charge in [0.1, 0.15) is 5.56 Å². The van der Waals surface area contributed by atoms with Gasteiger partial charge in [-0.2, -0.15) is 0 Å². The molecule has 0 spiro atoms. The Morgan fingerprint density at radius 1 is 1.30 bits per heavy atom. The van der Waals surface area contributed by atoms with Crippen LogP contribution in [-0.2, 0) is 15.9 Å². The number of nitro groups is 1. The van der Waals surface area contributed by atoms with Crippen LogP contribution in [0.2, 0.25) is 0 Å². The molecule has 0 aliphatic rings. The minimum atomic E-state index is -0.787. The molecule has 0 heterocycles. The third kappa shape index (κ3) is 3.67. The van der Waals surface area contributed by atoms with Crippen molar-refractivity contribution in [3.8, 4) is 0 Å². The zero-order valence-corrected chi connectivity index (χ0v) is 11.0. The molecule has 0 unspecified atom stereocenters. The van der Waals surface area contributed by atoms with Gasteiger partial charge in [0.15, 0.2) is 0 Å². The normalized spacial score (nSPS) is 9.70. The molecular formula is C12H14N2O6. The van der Waals surface area contributed by atoms with Gasteiger partial charge in [-0.25, -0.2) is 9.59 Å². The lowest BCUT2D eigenvalue weighted by molar-refractivity contribution is -0.385. The Labute approximate surface area is 114 Å². The molecule has 0 fully saturated rings. The molecule has 1 N–H and O–H groups in total. The Morgan fingerprint density at radius 2 is 2.00 bits per heavy atom. The highest BCUT2D eigenvalue weighted by Crippen LogP contribution is 2.23. The van der Waals surface area contributed by atoms with E-state index in [2.05, 4.69) is 14.8 Å². The second-order valence-electron chi connectivity index (χ2n) is 3.73. The highest BCUT2D eigenvalue weighted by atomic mass is 16.6. The van der Waals surface area contributed by atoms with Crippen molar-refractivity contribution in [2.24, 2.45) is 0 Å². The van der Waals surface area contributed by atoms with Gasteiger partial charge in [-0.15, -0.1) is 0 Å². The van der Waals surface area contributed by atoms with Crippen molar-refractivity contribution in [2.75, 3.05) is 20.8 Å². The number of alkyl carbamates (subject to hydrolysis) is 1. The van der Waals surface area contributed by atoms with Crippen LogP contribution in [0, 0.1) is 10.1 Å². The van der Waals surface area contributed by atoms with Crippen molar-refractivity contribution in [1.82, 2.24) is 5.32 Å². The molecule has 0 bridgehead atoms. The van der Waals surface area contributed by atoms with E-state index in [-0.39, 0.29) is 24.2 Å². The van der Waals surface area contributed by atoms with Gasteiger partial charge in [0, 0.05) is 12.6 Å². The average Bonchev–Trinajstić information content (AvgIpc) is 2.45. The Balaban J connectivity index is 3.00. The maximum absolute atomic E-state index is 11.7. The molecule has 20 heavy (non-hydrogen) atoms. The van der Waals surface area contributed by atoms with Gasteiger partial charge in [0.25, 0.3) is 5.69 Å². The molecule has 0 aliphatic carbocycles. The topological polar surface area (TPSA) is 108 Å². The van der Waals surface area contributed by atoms with Crippen molar-refractivity contribution in [3.05, 3.63) is 39.4 Å². The molecule has 0 radical (unpaired) electrons. The number of methoxy groups -OCH3 is 2. The number of ether oxygens (including phenoxy) is 2. The van der Waals surface area contributed by atoms with Gasteiger partial charge >= 0.3 is 12.1 Å². The Bertz CT molecular complexity index is 529. The highest BCUT2D eigenvalue weighted by Gasteiger charge is 2.24. The predicted octanol–water partition coefficient (Wildman–Crippen LogP) is 1.28. The molecule has 0 saturated carbocycles. The van der Waals surface area contributed by atoms with E-state index in [0.29, 0.717) is 5.56 Å². The van der Waals surface area contributed by atoms with Crippen molar-refractivity contribution < 1.29 is 24.0 Å². The molecular weight excluding hydrogens is 268 g/mol. The van der Waals surface area contributed by atoms with E-state index in [9.17, 15) is 19.7 Å². The molecule has 0 atom stereocenters. The number of hydrogen-bond donors (Lipinski definition) is 1. The molecule has 0 aliphatic heterocycles. The zero-order chi connectivity index (χ0) is 15.1. The van der Waals surface area contributed by atoms with Gasteiger partial charge in [-0.1, -0.05) is 12.1 Å². The van der Waals surface area contributed by atoms with Crippen LogP contribution in [0.15, 0.2) is 18.2 Å². The molecule has 8 nitrogen and oxygen atoms in total. The minimum Gasteiger partial charge on any atom is -0.465 e. The van der Waals surface area contributed by atoms with Gasteiger partial charge in [0.2, 0.25) is 0 Å². The lowest BCUT2D eigenvalue weighted by Gasteiger charge is -2.09. The second kappa shape index (κ2) is 7.07. The summed E-state index contributed by atoms with van der Waals surface area (Å²) < 4.78 is 8.96. The fourth-order valence-corrected chi connectivity index (χ4v) is 1.66. The second-order valence-corrected chi connectivity index (χ2v) is 3.73. The van der Waals surface area contributed by atoms with Crippen LogP contribution in [0.5, 0.6) is 0 Å². The first-order valence-corrected chi connectivity index (χ1v) is 5.67. The van der Waals surface area contributed by atoms with E-state index >= 15 is 0 Å². The summed E-state index contributed by atoms with van der Waals surface area (Å²) in [6.45, 7) is 0.178. The summed E-state index contributed by atoms with van der Waals surface area (Å²) in [7, 11) is 2.37. The van der Waals surface area contributed by atoms with Crippen LogP contribution in [0.1, 0.15) is 15.9 Å². The molecule has 1 amide bonds. The lowest BCUT2D eigenvalue weighted by Crippen LogP contribution is -2.25. The lowest BCUT2D eigenvalue weighted by atomic mass is 10.0. The third-order valence-electron chi connectivity index (χ3n) is 2.56. The van der Waals surface area contributed by atoms with Crippen LogP contribution < -0.4 is 5.32 Å². The molecule has 0 saturated heterocycles. The average molecular weight is 282 g/mol. The van der Waals surface area contributed by atoms with Gasteiger partial charge < -0.3 is 14.8 Å². The first-order valence-electron chi connectivity index (χ1n) is 5.67. The molecule has 1 aromatic carbocycles. The summed E-state index contributed by atoms with van der Waals surface area (Å²) in [6, 6.07) is 4.26. The quantitative estimate of drug-likeness (QED) is 0.495. The smallest absolute Gasteiger partial charge is 0.406 e. The number of benzene rings is 1. The van der Waals surface area contributed by atoms with Crippen LogP contribution in [0.4, 0.5) is 10.5 Å². The number of nitrogens with one attached hydrogen (secondary N) is 1. The molecule has 0 aromatic heterocycles. The molecule has 108 valence electrons. The van der Waals surface area contributed by atoms with Gasteiger partial charge in [0.05, 0.1) is 19.1 Å². The number of esters is 1. The summed E-state index contributed by atoms with van der Waals surface area (Å²) in [5.74, 6) is -0.787. The van der Waals surface area contributed by atoms with Crippen molar-refractivity contribution in [3.63, 3.8) is 0 Å². The molecule has 8 heteroatoms. The zero-order valence-electron chi connectivity index (χ0n) is 11.0. The van der Waals surface area contributed by atoms with Gasteiger partial charge in [-0.05, 0) is 12.0 Å². The van der Waals surface area contributed by atoms with Gasteiger partial charge in [-0.3, -0.25) is 10.1 Å². The van der Waals surface area contributed by atoms with Crippen LogP contribution in [-0.4, -0.2) is 37.8 Å². The van der Waals surface area contributed by atoms with Crippen molar-refractivity contribution in [2.45, 2.75) is 6.42 Å². The molecule has 1 rings (SSSR count). The van der Waals surface area contributed by atoms with E-state index in [0.717, 1.165) is 7.11 Å². The standard InChI is InChI=1S/C12H14N2O6/c1-19-11(15)10-8(6-7-13-12(16)20-2)4-3-5-9(10)14(17)18/h3-5H,6-7H2,1-2H3,(H,13,16). The first-order chi connectivity index (χ1) is 9.51. The van der Waals surface area contributed by atoms with E-state index in [1.54, 1.807) is 6.07 Å².